The first kappa shape index (κ1) is 20.7. The lowest BCUT2D eigenvalue weighted by Gasteiger charge is -2.48. The quantitative estimate of drug-likeness (QED) is 0.410. The van der Waals surface area contributed by atoms with Gasteiger partial charge in [-0.3, -0.25) is 0 Å². The third-order valence-electron chi connectivity index (χ3n) is 4.82. The lowest BCUT2D eigenvalue weighted by atomic mass is 10.5. The average molecular weight is 337 g/mol. The van der Waals surface area contributed by atoms with Gasteiger partial charge in [0.25, 0.3) is 0 Å². The zero-order chi connectivity index (χ0) is 15.6. The van der Waals surface area contributed by atoms with Crippen LogP contribution >= 0.6 is 12.6 Å². The molecule has 0 heterocycles. The summed E-state index contributed by atoms with van der Waals surface area (Å²) in [5.74, 6) is 0. The Balaban J connectivity index is 5.34. The monoisotopic (exact) mass is 336 g/mol. The molecule has 1 atom stereocenters. The molecule has 0 aromatic heterocycles. The lowest BCUT2D eigenvalue weighted by Crippen LogP contribution is -2.64. The standard InChI is InChI=1S/C15H36O2SSi2/c1-7-13-16-19(17-14-8-2)15(18,9-3)20(10-4,11-5)12-6/h18-19H,7-14H2,1-6H3/t15-/m1/s1. The summed E-state index contributed by atoms with van der Waals surface area (Å²) >= 11 is 5.25. The molecule has 0 aliphatic rings. The highest BCUT2D eigenvalue weighted by Gasteiger charge is 2.53. The molecule has 0 N–H and O–H groups in total. The van der Waals surface area contributed by atoms with Gasteiger partial charge in [0.05, 0.1) is 8.07 Å². The molecule has 2 nitrogen and oxygen atoms in total. The maximum Gasteiger partial charge on any atom is 0.334 e. The fourth-order valence-electron chi connectivity index (χ4n) is 3.23. The fraction of sp³-hybridized carbons (Fsp3) is 1.00. The molecular weight excluding hydrogens is 300 g/mol. The summed E-state index contributed by atoms with van der Waals surface area (Å²) in [6.45, 7) is 15.3. The van der Waals surface area contributed by atoms with Crippen LogP contribution in [0.25, 0.3) is 0 Å². The van der Waals surface area contributed by atoms with Gasteiger partial charge < -0.3 is 8.85 Å². The summed E-state index contributed by atoms with van der Waals surface area (Å²) in [6.07, 6.45) is 3.21. The van der Waals surface area contributed by atoms with Gasteiger partial charge in [-0.15, -0.1) is 0 Å². The summed E-state index contributed by atoms with van der Waals surface area (Å²) in [4.78, 5) is 0. The van der Waals surface area contributed by atoms with E-state index in [9.17, 15) is 0 Å². The van der Waals surface area contributed by atoms with Crippen LogP contribution in [0.1, 0.15) is 60.8 Å². The molecule has 0 rings (SSSR count). The molecule has 0 aliphatic heterocycles. The summed E-state index contributed by atoms with van der Waals surface area (Å²) in [5.41, 5.74) is 0. The maximum absolute atomic E-state index is 6.24. The van der Waals surface area contributed by atoms with Crippen molar-refractivity contribution in [3.63, 3.8) is 0 Å². The molecule has 0 fully saturated rings. The van der Waals surface area contributed by atoms with E-state index in [4.69, 9.17) is 21.5 Å². The Morgan fingerprint density at radius 2 is 1.25 bits per heavy atom. The van der Waals surface area contributed by atoms with Crippen molar-refractivity contribution in [2.45, 2.75) is 82.9 Å². The molecule has 0 bridgehead atoms. The average Bonchev–Trinajstić information content (AvgIpc) is 2.49. The van der Waals surface area contributed by atoms with Crippen LogP contribution in [-0.4, -0.2) is 34.6 Å². The van der Waals surface area contributed by atoms with E-state index >= 15 is 0 Å². The van der Waals surface area contributed by atoms with Gasteiger partial charge >= 0.3 is 9.28 Å². The van der Waals surface area contributed by atoms with Gasteiger partial charge in [0.2, 0.25) is 0 Å². The van der Waals surface area contributed by atoms with Gasteiger partial charge in [-0.1, -0.05) is 59.7 Å². The number of rotatable bonds is 12. The van der Waals surface area contributed by atoms with Gasteiger partial charge in [0.1, 0.15) is 0 Å². The first-order chi connectivity index (χ1) is 9.51. The SMILES string of the molecule is CCCO[SiH](OCCC)[C@](S)(CC)[Si](CC)(CC)CC. The Morgan fingerprint density at radius 3 is 1.50 bits per heavy atom. The second-order valence-corrected chi connectivity index (χ2v) is 15.9. The van der Waals surface area contributed by atoms with Crippen molar-refractivity contribution < 1.29 is 8.85 Å². The third kappa shape index (κ3) is 4.60. The minimum absolute atomic E-state index is 0.0512. The summed E-state index contributed by atoms with van der Waals surface area (Å²) in [6, 6.07) is 3.85. The Labute approximate surface area is 135 Å². The largest absolute Gasteiger partial charge is 0.396 e. The molecule has 122 valence electrons. The van der Waals surface area contributed by atoms with Gasteiger partial charge in [-0.25, -0.2) is 0 Å². The Kier molecular flexibility index (Phi) is 10.8. The molecule has 0 saturated heterocycles. The topological polar surface area (TPSA) is 18.5 Å². The van der Waals surface area contributed by atoms with Crippen molar-refractivity contribution in [2.24, 2.45) is 0 Å². The molecule has 0 aromatic rings. The predicted molar refractivity (Wildman–Crippen MR) is 98.8 cm³/mol. The van der Waals surface area contributed by atoms with Crippen molar-refractivity contribution in [2.75, 3.05) is 13.2 Å². The van der Waals surface area contributed by atoms with E-state index in [1.807, 2.05) is 0 Å². The minimum atomic E-state index is -1.75. The third-order valence-corrected chi connectivity index (χ3v) is 18.3. The van der Waals surface area contributed by atoms with E-state index in [0.29, 0.717) is 0 Å². The van der Waals surface area contributed by atoms with Crippen molar-refractivity contribution in [3.8, 4) is 0 Å². The molecule has 0 radical (unpaired) electrons. The Morgan fingerprint density at radius 1 is 0.850 bits per heavy atom. The first-order valence-corrected chi connectivity index (χ1v) is 13.1. The maximum atomic E-state index is 6.24. The second kappa shape index (κ2) is 10.4. The van der Waals surface area contributed by atoms with Crippen LogP contribution in [0.5, 0.6) is 0 Å². The van der Waals surface area contributed by atoms with Gasteiger partial charge in [-0.05, 0) is 19.3 Å². The van der Waals surface area contributed by atoms with Crippen molar-refractivity contribution >= 4 is 30.0 Å². The van der Waals surface area contributed by atoms with Crippen molar-refractivity contribution in [1.29, 1.82) is 0 Å². The van der Waals surface area contributed by atoms with E-state index in [-0.39, 0.29) is 3.99 Å². The van der Waals surface area contributed by atoms with Crippen molar-refractivity contribution in [3.05, 3.63) is 0 Å². The van der Waals surface area contributed by atoms with Crippen LogP contribution in [0.15, 0.2) is 0 Å². The van der Waals surface area contributed by atoms with Gasteiger partial charge in [0, 0.05) is 17.2 Å². The predicted octanol–water partition coefficient (Wildman–Crippen LogP) is 4.73. The first-order valence-electron chi connectivity index (χ1n) is 8.47. The number of thiol groups is 1. The summed E-state index contributed by atoms with van der Waals surface area (Å²) in [5, 5.41) is 0. The Bertz CT molecular complexity index is 234. The molecular formula is C15H36O2SSi2. The normalized spacial score (nSPS) is 15.6. The smallest absolute Gasteiger partial charge is 0.334 e. The second-order valence-electron chi connectivity index (χ2n) is 5.69. The molecule has 0 saturated carbocycles. The molecule has 0 aromatic carbocycles. The van der Waals surface area contributed by atoms with Crippen LogP contribution in [0.2, 0.25) is 18.1 Å². The van der Waals surface area contributed by atoms with E-state index in [2.05, 4.69) is 41.5 Å². The van der Waals surface area contributed by atoms with E-state index in [0.717, 1.165) is 32.5 Å². The molecule has 0 spiro atoms. The highest BCUT2D eigenvalue weighted by molar-refractivity contribution is 7.86. The molecule has 0 aliphatic carbocycles. The van der Waals surface area contributed by atoms with Crippen molar-refractivity contribution in [1.82, 2.24) is 0 Å². The molecule has 0 unspecified atom stereocenters. The highest BCUT2D eigenvalue weighted by atomic mass is 32.1. The van der Waals surface area contributed by atoms with E-state index < -0.39 is 17.4 Å². The number of hydrogen-bond acceptors (Lipinski definition) is 3. The van der Waals surface area contributed by atoms with Crippen LogP contribution < -0.4 is 0 Å². The lowest BCUT2D eigenvalue weighted by molar-refractivity contribution is 0.190. The molecule has 5 heteroatoms. The van der Waals surface area contributed by atoms with E-state index in [1.165, 1.54) is 18.1 Å². The number of hydrogen-bond donors (Lipinski definition) is 1. The summed E-state index contributed by atoms with van der Waals surface area (Å²) in [7, 11) is -3.21. The minimum Gasteiger partial charge on any atom is -0.396 e. The van der Waals surface area contributed by atoms with Gasteiger partial charge in [-0.2, -0.15) is 12.6 Å². The fourth-order valence-corrected chi connectivity index (χ4v) is 15.4. The molecule has 20 heavy (non-hydrogen) atoms. The summed E-state index contributed by atoms with van der Waals surface area (Å²) < 4.78 is 12.5. The van der Waals surface area contributed by atoms with Gasteiger partial charge in [0.15, 0.2) is 0 Å². The van der Waals surface area contributed by atoms with Crippen LogP contribution in [-0.2, 0) is 8.85 Å². The van der Waals surface area contributed by atoms with Crippen LogP contribution in [0, 0.1) is 0 Å². The van der Waals surface area contributed by atoms with E-state index in [1.54, 1.807) is 0 Å². The van der Waals surface area contributed by atoms with Crippen LogP contribution in [0.3, 0.4) is 0 Å². The zero-order valence-corrected chi connectivity index (χ0v) is 17.5. The highest BCUT2D eigenvalue weighted by Crippen LogP contribution is 2.42. The Hall–Kier alpha value is 0.704. The molecule has 0 amide bonds. The van der Waals surface area contributed by atoms with Crippen LogP contribution in [0.4, 0.5) is 0 Å². The zero-order valence-electron chi connectivity index (χ0n) is 14.5.